The van der Waals surface area contributed by atoms with Crippen molar-refractivity contribution in [2.75, 3.05) is 31.9 Å². The topological polar surface area (TPSA) is 125 Å². The average molecular weight is 525 g/mol. The summed E-state index contributed by atoms with van der Waals surface area (Å²) < 4.78 is 28.7. The summed E-state index contributed by atoms with van der Waals surface area (Å²) in [4.78, 5) is 26.1. The summed E-state index contributed by atoms with van der Waals surface area (Å²) in [6, 6.07) is 11.2. The van der Waals surface area contributed by atoms with Gasteiger partial charge in [-0.2, -0.15) is 0 Å². The van der Waals surface area contributed by atoms with Crippen LogP contribution in [0.15, 0.2) is 36.4 Å². The van der Waals surface area contributed by atoms with E-state index in [1.165, 1.54) is 0 Å². The average Bonchev–Trinajstić information content (AvgIpc) is 3.37. The van der Waals surface area contributed by atoms with Gasteiger partial charge in [0, 0.05) is 36.6 Å². The molecule has 0 radical (unpaired) electrons. The van der Waals surface area contributed by atoms with Crippen LogP contribution in [0.25, 0.3) is 0 Å². The van der Waals surface area contributed by atoms with Crippen LogP contribution in [0.2, 0.25) is 0 Å². The maximum atomic E-state index is 13.2. The lowest BCUT2D eigenvalue weighted by atomic mass is 9.76. The van der Waals surface area contributed by atoms with Gasteiger partial charge >= 0.3 is 0 Å². The number of benzene rings is 2. The molecule has 0 aromatic heterocycles. The third-order valence-corrected chi connectivity index (χ3v) is 7.68. The van der Waals surface area contributed by atoms with Crippen molar-refractivity contribution in [3.63, 3.8) is 0 Å². The summed E-state index contributed by atoms with van der Waals surface area (Å²) >= 11 is 0. The van der Waals surface area contributed by atoms with Gasteiger partial charge in [0.2, 0.25) is 18.6 Å². The molecule has 2 amide bonds. The molecular formula is C28H32N2O8. The van der Waals surface area contributed by atoms with Gasteiger partial charge in [-0.05, 0) is 42.3 Å². The molecule has 38 heavy (non-hydrogen) atoms. The number of hydrogen-bond donors (Lipinski definition) is 3. The van der Waals surface area contributed by atoms with Gasteiger partial charge in [-0.25, -0.2) is 0 Å². The number of rotatable bonds is 7. The molecule has 4 heterocycles. The smallest absolute Gasteiger partial charge is 0.231 e. The fourth-order valence-electron chi connectivity index (χ4n) is 5.79. The van der Waals surface area contributed by atoms with E-state index in [0.717, 1.165) is 29.7 Å². The number of carbonyl (C=O) groups excluding carboxylic acids is 2. The Morgan fingerprint density at radius 2 is 1.95 bits per heavy atom. The Hall–Kier alpha value is -3.34. The molecule has 4 aliphatic heterocycles. The largest absolute Gasteiger partial charge is 0.490 e. The zero-order valence-corrected chi connectivity index (χ0v) is 21.0. The van der Waals surface area contributed by atoms with Crippen LogP contribution in [-0.2, 0) is 25.6 Å². The Labute approximate surface area is 220 Å². The number of fused-ring (bicyclic) bond motifs is 5. The van der Waals surface area contributed by atoms with Crippen molar-refractivity contribution in [3.05, 3.63) is 47.5 Å². The molecule has 0 saturated carbocycles. The SMILES string of the molecule is O=C(C[C@@H]1C[C@H]2c3cc(ccc3OC3CCOCC3)NC(=O)[C@H]2[C@H](CO)O1)NCc1ccc2c(c1)OCO2. The summed E-state index contributed by atoms with van der Waals surface area (Å²) in [6.07, 6.45) is 1.03. The highest BCUT2D eigenvalue weighted by Gasteiger charge is 2.46. The first-order valence-electron chi connectivity index (χ1n) is 13.2. The minimum absolute atomic E-state index is 0.0439. The van der Waals surface area contributed by atoms with Crippen LogP contribution < -0.4 is 24.8 Å². The van der Waals surface area contributed by atoms with Gasteiger partial charge in [0.1, 0.15) is 11.9 Å². The van der Waals surface area contributed by atoms with E-state index in [1.807, 2.05) is 36.4 Å². The van der Waals surface area contributed by atoms with Crippen LogP contribution in [-0.4, -0.2) is 61.8 Å². The lowest BCUT2D eigenvalue weighted by Gasteiger charge is -2.40. The molecule has 0 aliphatic carbocycles. The number of aliphatic hydroxyl groups excluding tert-OH is 1. The number of carbonyl (C=O) groups is 2. The van der Waals surface area contributed by atoms with Crippen molar-refractivity contribution in [2.24, 2.45) is 5.92 Å². The monoisotopic (exact) mass is 524 g/mol. The number of hydrogen-bond acceptors (Lipinski definition) is 8. The molecular weight excluding hydrogens is 492 g/mol. The standard InChI is InChI=1S/C28H32N2O8/c31-14-25-27-21(20-10-17(30-28(27)33)2-4-22(20)37-18-5-7-34-8-6-18)11-19(38-25)12-26(32)29-13-16-1-3-23-24(9-16)36-15-35-23/h1-4,9-10,18-19,21,25,27,31H,5-8,11-15H2,(H,29,32)(H,30,33)/t19-,21-,25-,27+/m0/s1. The molecule has 4 atom stereocenters. The van der Waals surface area contributed by atoms with E-state index in [9.17, 15) is 14.7 Å². The first-order chi connectivity index (χ1) is 18.6. The third-order valence-electron chi connectivity index (χ3n) is 7.68. The number of amides is 2. The molecule has 0 unspecified atom stereocenters. The highest BCUT2D eigenvalue weighted by molar-refractivity contribution is 5.95. The highest BCUT2D eigenvalue weighted by Crippen LogP contribution is 2.46. The lowest BCUT2D eigenvalue weighted by Crippen LogP contribution is -2.48. The zero-order valence-electron chi connectivity index (χ0n) is 21.0. The quantitative estimate of drug-likeness (QED) is 0.505. The molecule has 2 fully saturated rings. The fraction of sp³-hybridized carbons (Fsp3) is 0.500. The Bertz CT molecular complexity index is 1200. The third kappa shape index (κ3) is 5.16. The van der Waals surface area contributed by atoms with Crippen molar-refractivity contribution in [3.8, 4) is 17.2 Å². The van der Waals surface area contributed by atoms with E-state index in [0.29, 0.717) is 43.4 Å². The molecule has 10 heteroatoms. The van der Waals surface area contributed by atoms with Crippen LogP contribution in [0.4, 0.5) is 5.69 Å². The van der Waals surface area contributed by atoms with Crippen molar-refractivity contribution in [1.82, 2.24) is 5.32 Å². The number of nitrogens with one attached hydrogen (secondary N) is 2. The van der Waals surface area contributed by atoms with Crippen LogP contribution in [0.5, 0.6) is 17.2 Å². The van der Waals surface area contributed by atoms with Crippen LogP contribution in [0.3, 0.4) is 0 Å². The van der Waals surface area contributed by atoms with Gasteiger partial charge < -0.3 is 39.4 Å². The first kappa shape index (κ1) is 25.0. The molecule has 0 spiro atoms. The molecule has 2 aromatic carbocycles. The van der Waals surface area contributed by atoms with Crippen molar-refractivity contribution < 1.29 is 38.4 Å². The summed E-state index contributed by atoms with van der Waals surface area (Å²) in [5.74, 6) is 0.867. The summed E-state index contributed by atoms with van der Waals surface area (Å²) in [6.45, 7) is 1.53. The Morgan fingerprint density at radius 1 is 1.11 bits per heavy atom. The molecule has 2 bridgehead atoms. The number of aliphatic hydroxyl groups is 1. The zero-order chi connectivity index (χ0) is 26.1. The lowest BCUT2D eigenvalue weighted by molar-refractivity contribution is -0.148. The van der Waals surface area contributed by atoms with Crippen molar-refractivity contribution >= 4 is 17.5 Å². The van der Waals surface area contributed by atoms with Gasteiger partial charge in [-0.1, -0.05) is 6.07 Å². The second-order valence-electron chi connectivity index (χ2n) is 10.2. The second kappa shape index (κ2) is 10.8. The Kier molecular flexibility index (Phi) is 7.10. The summed E-state index contributed by atoms with van der Waals surface area (Å²) in [5, 5.41) is 16.1. The highest BCUT2D eigenvalue weighted by atomic mass is 16.7. The minimum atomic E-state index is -0.731. The van der Waals surface area contributed by atoms with Crippen LogP contribution in [0.1, 0.15) is 42.7 Å². The summed E-state index contributed by atoms with van der Waals surface area (Å²) in [7, 11) is 0. The predicted molar refractivity (Wildman–Crippen MR) is 135 cm³/mol. The van der Waals surface area contributed by atoms with E-state index in [-0.39, 0.29) is 43.7 Å². The number of ether oxygens (including phenoxy) is 5. The first-order valence-corrected chi connectivity index (χ1v) is 13.2. The van der Waals surface area contributed by atoms with Gasteiger partial charge in [-0.15, -0.1) is 0 Å². The van der Waals surface area contributed by atoms with Crippen LogP contribution >= 0.6 is 0 Å². The molecule has 10 nitrogen and oxygen atoms in total. The molecule has 2 aromatic rings. The molecule has 4 aliphatic rings. The molecule has 2 saturated heterocycles. The van der Waals surface area contributed by atoms with Gasteiger partial charge in [0.05, 0.1) is 44.4 Å². The molecule has 6 rings (SSSR count). The predicted octanol–water partition coefficient (Wildman–Crippen LogP) is 2.48. The Balaban J connectivity index is 1.16. The van der Waals surface area contributed by atoms with Gasteiger partial charge in [0.25, 0.3) is 0 Å². The molecule has 202 valence electrons. The van der Waals surface area contributed by atoms with E-state index >= 15 is 0 Å². The Morgan fingerprint density at radius 3 is 2.79 bits per heavy atom. The van der Waals surface area contributed by atoms with E-state index in [4.69, 9.17) is 23.7 Å². The van der Waals surface area contributed by atoms with E-state index < -0.39 is 18.1 Å². The van der Waals surface area contributed by atoms with E-state index in [2.05, 4.69) is 10.6 Å². The van der Waals surface area contributed by atoms with Gasteiger partial charge in [-0.3, -0.25) is 9.59 Å². The fourth-order valence-corrected chi connectivity index (χ4v) is 5.79. The maximum Gasteiger partial charge on any atom is 0.231 e. The normalized spacial score (nSPS) is 26.2. The van der Waals surface area contributed by atoms with Gasteiger partial charge in [0.15, 0.2) is 11.5 Å². The van der Waals surface area contributed by atoms with Crippen LogP contribution in [0, 0.1) is 5.92 Å². The maximum absolute atomic E-state index is 13.2. The molecule has 3 N–H and O–H groups in total. The number of anilines is 1. The van der Waals surface area contributed by atoms with Crippen molar-refractivity contribution in [2.45, 2.75) is 56.5 Å². The second-order valence-corrected chi connectivity index (χ2v) is 10.2. The summed E-state index contributed by atoms with van der Waals surface area (Å²) in [5.41, 5.74) is 2.49. The van der Waals surface area contributed by atoms with Crippen molar-refractivity contribution in [1.29, 1.82) is 0 Å². The minimum Gasteiger partial charge on any atom is -0.490 e. The van der Waals surface area contributed by atoms with E-state index in [1.54, 1.807) is 0 Å².